The number of nitrogens with one attached hydrogen (secondary N) is 1. The number of fused-ring (bicyclic) bond motifs is 1. The van der Waals surface area contributed by atoms with Crippen LogP contribution in [-0.2, 0) is 9.53 Å². The van der Waals surface area contributed by atoms with Crippen molar-refractivity contribution in [3.63, 3.8) is 0 Å². The molecule has 0 radical (unpaired) electrons. The molecule has 3 aromatic heterocycles. The zero-order valence-electron chi connectivity index (χ0n) is 18.5. The number of aromatic nitrogens is 4. The van der Waals surface area contributed by atoms with Crippen LogP contribution in [0.5, 0.6) is 0 Å². The van der Waals surface area contributed by atoms with Gasteiger partial charge in [0.1, 0.15) is 5.82 Å². The minimum absolute atomic E-state index is 0.137. The van der Waals surface area contributed by atoms with Crippen LogP contribution in [0, 0.1) is 5.82 Å². The summed E-state index contributed by atoms with van der Waals surface area (Å²) in [6, 6.07) is 11.2. The average molecular weight is 462 g/mol. The van der Waals surface area contributed by atoms with Crippen molar-refractivity contribution < 1.29 is 18.7 Å². The Kier molecular flexibility index (Phi) is 5.48. The molecule has 0 bridgehead atoms. The highest BCUT2D eigenvalue weighted by atomic mass is 19.1. The molecule has 1 fully saturated rings. The molecule has 34 heavy (non-hydrogen) atoms. The van der Waals surface area contributed by atoms with Gasteiger partial charge in [0.05, 0.1) is 24.4 Å². The summed E-state index contributed by atoms with van der Waals surface area (Å²) in [5.41, 5.74) is 0.414. The molecule has 0 aliphatic carbocycles. The quantitative estimate of drug-likeness (QED) is 0.443. The molecular formula is C24H23FN6O3. The van der Waals surface area contributed by atoms with Gasteiger partial charge in [0.25, 0.3) is 5.91 Å². The van der Waals surface area contributed by atoms with Crippen LogP contribution in [0.25, 0.3) is 11.2 Å². The monoisotopic (exact) mass is 462 g/mol. The molecule has 1 aliphatic rings. The van der Waals surface area contributed by atoms with Crippen LogP contribution in [0.2, 0.25) is 0 Å². The predicted octanol–water partition coefficient (Wildman–Crippen LogP) is 2.60. The van der Waals surface area contributed by atoms with E-state index in [4.69, 9.17) is 4.74 Å². The summed E-state index contributed by atoms with van der Waals surface area (Å²) >= 11 is 0. The lowest BCUT2D eigenvalue weighted by molar-refractivity contribution is -0.149. The van der Waals surface area contributed by atoms with Gasteiger partial charge in [0, 0.05) is 37.8 Å². The number of hydrogen-bond donors (Lipinski definition) is 1. The summed E-state index contributed by atoms with van der Waals surface area (Å²) in [6.45, 7) is 2.66. The summed E-state index contributed by atoms with van der Waals surface area (Å²) in [5, 5.41) is 7.18. The number of ether oxygens (including phenoxy) is 1. The topological polar surface area (TPSA) is 93.8 Å². The fraction of sp³-hybridized carbons (Fsp3) is 0.250. The molecule has 10 heteroatoms. The largest absolute Gasteiger partial charge is 0.464 e. The van der Waals surface area contributed by atoms with Crippen LogP contribution in [0.15, 0.2) is 67.3 Å². The molecule has 5 rings (SSSR count). The number of nitrogens with zero attached hydrogens (tertiary/aromatic N) is 5. The summed E-state index contributed by atoms with van der Waals surface area (Å²) in [5.74, 6) is -0.620. The lowest BCUT2D eigenvalue weighted by atomic mass is 9.98. The molecule has 4 aromatic rings. The zero-order valence-corrected chi connectivity index (χ0v) is 18.5. The van der Waals surface area contributed by atoms with Crippen molar-refractivity contribution >= 4 is 23.2 Å². The normalized spacial score (nSPS) is 17.8. The van der Waals surface area contributed by atoms with Crippen molar-refractivity contribution in [1.82, 2.24) is 24.5 Å². The highest BCUT2D eigenvalue weighted by Crippen LogP contribution is 2.30. The van der Waals surface area contributed by atoms with Gasteiger partial charge in [0.15, 0.2) is 17.1 Å². The molecule has 1 saturated heterocycles. The molecule has 1 aliphatic heterocycles. The first-order valence-electron chi connectivity index (χ1n) is 11.0. The van der Waals surface area contributed by atoms with Crippen LogP contribution in [0.4, 0.5) is 10.2 Å². The third-order valence-electron chi connectivity index (χ3n) is 5.93. The fourth-order valence-electron chi connectivity index (χ4n) is 4.24. The lowest BCUT2D eigenvalue weighted by Gasteiger charge is -2.28. The summed E-state index contributed by atoms with van der Waals surface area (Å²) in [4.78, 5) is 32.7. The van der Waals surface area contributed by atoms with E-state index in [1.165, 1.54) is 16.8 Å². The Morgan fingerprint density at radius 3 is 2.76 bits per heavy atom. The van der Waals surface area contributed by atoms with Gasteiger partial charge in [-0.3, -0.25) is 4.79 Å². The van der Waals surface area contributed by atoms with E-state index in [1.807, 2.05) is 33.8 Å². The number of carbonyl (C=O) groups is 2. The third-order valence-corrected chi connectivity index (χ3v) is 5.93. The Bertz CT molecular complexity index is 1350. The Balaban J connectivity index is 1.40. The van der Waals surface area contributed by atoms with Gasteiger partial charge >= 0.3 is 5.97 Å². The number of halogens is 1. The first-order chi connectivity index (χ1) is 16.5. The van der Waals surface area contributed by atoms with E-state index in [1.54, 1.807) is 37.5 Å². The Hall–Kier alpha value is -4.21. The number of hydrogen-bond acceptors (Lipinski definition) is 6. The van der Waals surface area contributed by atoms with Gasteiger partial charge in [-0.2, -0.15) is 5.10 Å². The zero-order chi connectivity index (χ0) is 23.7. The average Bonchev–Trinajstić information content (AvgIpc) is 3.59. The Morgan fingerprint density at radius 2 is 1.97 bits per heavy atom. The number of benzene rings is 1. The van der Waals surface area contributed by atoms with Gasteiger partial charge in [-0.1, -0.05) is 0 Å². The number of anilines is 1. The van der Waals surface area contributed by atoms with Crippen LogP contribution in [0.1, 0.15) is 23.8 Å². The second-order valence-corrected chi connectivity index (χ2v) is 8.10. The van der Waals surface area contributed by atoms with Gasteiger partial charge in [-0.25, -0.2) is 18.9 Å². The van der Waals surface area contributed by atoms with E-state index in [9.17, 15) is 14.0 Å². The first-order valence-corrected chi connectivity index (χ1v) is 11.0. The maximum Gasteiger partial charge on any atom is 0.333 e. The summed E-state index contributed by atoms with van der Waals surface area (Å²) < 4.78 is 22.0. The standard InChI is InChI=1S/C24H23FN6O3/c1-2-34-23(33)24(10-14-30(16-24)21-20-4-3-12-29(20)15-11-26-21)27-22(32)19-9-13-31(28-19)18-7-5-17(25)6-8-18/h3-9,11-13,15H,2,10,14,16H2,1H3,(H,27,32). The fourth-order valence-corrected chi connectivity index (χ4v) is 4.24. The van der Waals surface area contributed by atoms with E-state index in [0.29, 0.717) is 18.7 Å². The number of esters is 1. The highest BCUT2D eigenvalue weighted by molar-refractivity contribution is 5.97. The van der Waals surface area contributed by atoms with E-state index in [-0.39, 0.29) is 24.7 Å². The summed E-state index contributed by atoms with van der Waals surface area (Å²) in [6.07, 6.45) is 7.45. The van der Waals surface area contributed by atoms with Gasteiger partial charge in [-0.05, 0) is 49.4 Å². The molecule has 0 saturated carbocycles. The SMILES string of the molecule is CCOC(=O)C1(NC(=O)c2ccn(-c3ccc(F)cc3)n2)CCN(c2nccn3cccc23)C1. The van der Waals surface area contributed by atoms with Crippen LogP contribution in [-0.4, -0.2) is 56.3 Å². The first kappa shape index (κ1) is 21.6. The van der Waals surface area contributed by atoms with Gasteiger partial charge in [-0.15, -0.1) is 0 Å². The summed E-state index contributed by atoms with van der Waals surface area (Å²) in [7, 11) is 0. The maximum absolute atomic E-state index is 13.2. The third kappa shape index (κ3) is 3.87. The number of carbonyl (C=O) groups excluding carboxylic acids is 2. The molecule has 1 atom stereocenters. The molecule has 0 spiro atoms. The number of amides is 1. The van der Waals surface area contributed by atoms with Crippen molar-refractivity contribution in [3.8, 4) is 5.69 Å². The Labute approximate surface area is 194 Å². The van der Waals surface area contributed by atoms with Crippen molar-refractivity contribution in [3.05, 3.63) is 78.8 Å². The van der Waals surface area contributed by atoms with Crippen LogP contribution in [0.3, 0.4) is 0 Å². The van der Waals surface area contributed by atoms with Gasteiger partial charge in [0.2, 0.25) is 0 Å². The van der Waals surface area contributed by atoms with Gasteiger partial charge < -0.3 is 19.4 Å². The number of rotatable bonds is 6. The van der Waals surface area contributed by atoms with Crippen molar-refractivity contribution in [2.24, 2.45) is 0 Å². The Morgan fingerprint density at radius 1 is 1.15 bits per heavy atom. The van der Waals surface area contributed by atoms with E-state index < -0.39 is 17.4 Å². The van der Waals surface area contributed by atoms with Crippen LogP contribution >= 0.6 is 0 Å². The minimum atomic E-state index is -1.24. The molecular weight excluding hydrogens is 439 g/mol. The molecule has 9 nitrogen and oxygen atoms in total. The maximum atomic E-state index is 13.2. The highest BCUT2D eigenvalue weighted by Gasteiger charge is 2.48. The van der Waals surface area contributed by atoms with Crippen molar-refractivity contribution in [2.75, 3.05) is 24.6 Å². The predicted molar refractivity (Wildman–Crippen MR) is 122 cm³/mol. The van der Waals surface area contributed by atoms with Crippen LogP contribution < -0.4 is 10.2 Å². The van der Waals surface area contributed by atoms with Crippen molar-refractivity contribution in [2.45, 2.75) is 18.9 Å². The molecule has 174 valence electrons. The molecule has 4 heterocycles. The molecule has 1 amide bonds. The second kappa shape index (κ2) is 8.62. The molecule has 1 aromatic carbocycles. The second-order valence-electron chi connectivity index (χ2n) is 8.10. The lowest BCUT2D eigenvalue weighted by Crippen LogP contribution is -2.57. The molecule has 1 unspecified atom stereocenters. The van der Waals surface area contributed by atoms with E-state index >= 15 is 0 Å². The van der Waals surface area contributed by atoms with E-state index in [2.05, 4.69) is 15.4 Å². The smallest absolute Gasteiger partial charge is 0.333 e. The molecule has 1 N–H and O–H groups in total. The minimum Gasteiger partial charge on any atom is -0.464 e. The van der Waals surface area contributed by atoms with E-state index in [0.717, 1.165) is 11.3 Å². The van der Waals surface area contributed by atoms with Crippen molar-refractivity contribution in [1.29, 1.82) is 0 Å².